The molecule has 1 amide bonds. The minimum Gasteiger partial charge on any atom is -0.322 e. The van der Waals surface area contributed by atoms with Crippen molar-refractivity contribution >= 4 is 11.6 Å². The fourth-order valence-electron chi connectivity index (χ4n) is 2.74. The van der Waals surface area contributed by atoms with E-state index < -0.39 is 11.9 Å². The van der Waals surface area contributed by atoms with E-state index in [1.165, 1.54) is 7.05 Å². The monoisotopic (exact) mass is 343 g/mol. The molecule has 0 saturated heterocycles. The number of anilines is 1. The standard InChI is InChI=1S/C20H26FN3O/c1-13(2)9-8-10-14(3)16-11-6-7-12-17(16)22-20(25)18-15(4)23-24(5)19(18)21/h6-8,10-14H,9H2,1-5H3,(H,22,25)/b10-8+/t14-/m1/s1. The molecule has 0 aliphatic rings. The molecule has 0 aliphatic heterocycles. The number of halogens is 1. The number of carbonyl (C=O) groups is 1. The molecule has 25 heavy (non-hydrogen) atoms. The van der Waals surface area contributed by atoms with Gasteiger partial charge in [0.05, 0.1) is 5.69 Å². The second kappa shape index (κ2) is 8.10. The van der Waals surface area contributed by atoms with Gasteiger partial charge in [0.1, 0.15) is 5.56 Å². The summed E-state index contributed by atoms with van der Waals surface area (Å²) < 4.78 is 15.2. The predicted octanol–water partition coefficient (Wildman–Crippen LogP) is 4.83. The van der Waals surface area contributed by atoms with Crippen molar-refractivity contribution in [2.75, 3.05) is 5.32 Å². The highest BCUT2D eigenvalue weighted by molar-refractivity contribution is 6.05. The van der Waals surface area contributed by atoms with Gasteiger partial charge in [-0.25, -0.2) is 4.68 Å². The second-order valence-corrected chi connectivity index (χ2v) is 6.76. The molecule has 2 aromatic rings. The fraction of sp³-hybridized carbons (Fsp3) is 0.400. The van der Waals surface area contributed by atoms with E-state index in [1.54, 1.807) is 6.92 Å². The maximum atomic E-state index is 14.1. The summed E-state index contributed by atoms with van der Waals surface area (Å²) >= 11 is 0. The lowest BCUT2D eigenvalue weighted by Crippen LogP contribution is -2.16. The number of benzene rings is 1. The van der Waals surface area contributed by atoms with Crippen molar-refractivity contribution < 1.29 is 9.18 Å². The number of amides is 1. The van der Waals surface area contributed by atoms with E-state index in [1.807, 2.05) is 24.3 Å². The largest absolute Gasteiger partial charge is 0.322 e. The van der Waals surface area contributed by atoms with Gasteiger partial charge in [-0.05, 0) is 30.9 Å². The second-order valence-electron chi connectivity index (χ2n) is 6.76. The van der Waals surface area contributed by atoms with Crippen LogP contribution in [0.4, 0.5) is 10.1 Å². The zero-order valence-corrected chi connectivity index (χ0v) is 15.5. The summed E-state index contributed by atoms with van der Waals surface area (Å²) in [6.45, 7) is 8.06. The molecule has 0 bridgehead atoms. The van der Waals surface area contributed by atoms with Crippen LogP contribution in [0.3, 0.4) is 0 Å². The van der Waals surface area contributed by atoms with Gasteiger partial charge in [-0.3, -0.25) is 4.79 Å². The van der Waals surface area contributed by atoms with E-state index >= 15 is 0 Å². The molecule has 0 unspecified atom stereocenters. The zero-order chi connectivity index (χ0) is 18.6. The lowest BCUT2D eigenvalue weighted by Gasteiger charge is -2.14. The summed E-state index contributed by atoms with van der Waals surface area (Å²) in [7, 11) is 1.48. The lowest BCUT2D eigenvalue weighted by molar-refractivity contribution is 0.102. The maximum absolute atomic E-state index is 14.1. The third-order valence-corrected chi connectivity index (χ3v) is 4.11. The number of aromatic nitrogens is 2. The third kappa shape index (κ3) is 4.56. The Balaban J connectivity index is 2.23. The van der Waals surface area contributed by atoms with Crippen molar-refractivity contribution in [2.24, 2.45) is 13.0 Å². The minimum atomic E-state index is -0.627. The molecule has 1 aromatic heterocycles. The normalized spacial score (nSPS) is 12.8. The number of para-hydroxylation sites is 1. The Morgan fingerprint density at radius 3 is 2.60 bits per heavy atom. The molecule has 0 fully saturated rings. The Bertz CT molecular complexity index is 777. The minimum absolute atomic E-state index is 0.0136. The average molecular weight is 343 g/mol. The molecule has 1 aromatic carbocycles. The molecule has 0 aliphatic carbocycles. The number of hydrogen-bond donors (Lipinski definition) is 1. The third-order valence-electron chi connectivity index (χ3n) is 4.11. The van der Waals surface area contributed by atoms with E-state index in [9.17, 15) is 9.18 Å². The predicted molar refractivity (Wildman–Crippen MR) is 99.3 cm³/mol. The van der Waals surface area contributed by atoms with Crippen molar-refractivity contribution in [2.45, 2.75) is 40.0 Å². The molecule has 0 spiro atoms. The molecule has 5 heteroatoms. The smallest absolute Gasteiger partial charge is 0.262 e. The lowest BCUT2D eigenvalue weighted by atomic mass is 9.97. The number of nitrogens with one attached hydrogen (secondary N) is 1. The highest BCUT2D eigenvalue weighted by atomic mass is 19.1. The number of hydrogen-bond acceptors (Lipinski definition) is 2. The number of aryl methyl sites for hydroxylation is 2. The molecule has 134 valence electrons. The molecule has 4 nitrogen and oxygen atoms in total. The average Bonchev–Trinajstić information content (AvgIpc) is 2.80. The SMILES string of the molecule is Cc1nn(C)c(F)c1C(=O)Nc1ccccc1[C@H](C)/C=C/CC(C)C. The van der Waals surface area contributed by atoms with E-state index in [0.717, 1.165) is 16.7 Å². The van der Waals surface area contributed by atoms with Crippen LogP contribution in [0.25, 0.3) is 0 Å². The number of allylic oxidation sites excluding steroid dienone is 2. The van der Waals surface area contributed by atoms with Gasteiger partial charge in [0, 0.05) is 18.7 Å². The summed E-state index contributed by atoms with van der Waals surface area (Å²) in [6.07, 6.45) is 5.32. The van der Waals surface area contributed by atoms with Crippen molar-refractivity contribution in [3.05, 3.63) is 59.2 Å². The Labute approximate surface area is 148 Å². The van der Waals surface area contributed by atoms with Crippen molar-refractivity contribution in [1.82, 2.24) is 9.78 Å². The highest BCUT2D eigenvalue weighted by Crippen LogP contribution is 2.26. The van der Waals surface area contributed by atoms with Crippen LogP contribution in [0.2, 0.25) is 0 Å². The first-order valence-electron chi connectivity index (χ1n) is 8.57. The van der Waals surface area contributed by atoms with Gasteiger partial charge in [-0.15, -0.1) is 0 Å². The van der Waals surface area contributed by atoms with Crippen LogP contribution in [-0.4, -0.2) is 15.7 Å². The first kappa shape index (κ1) is 18.9. The maximum Gasteiger partial charge on any atom is 0.262 e. The molecular formula is C20H26FN3O. The van der Waals surface area contributed by atoms with Gasteiger partial charge in [0.15, 0.2) is 0 Å². The molecule has 1 heterocycles. The zero-order valence-electron chi connectivity index (χ0n) is 15.5. The Morgan fingerprint density at radius 2 is 2.00 bits per heavy atom. The van der Waals surface area contributed by atoms with Crippen LogP contribution < -0.4 is 5.32 Å². The topological polar surface area (TPSA) is 46.9 Å². The summed E-state index contributed by atoms with van der Waals surface area (Å²) in [4.78, 5) is 12.5. The number of carbonyl (C=O) groups excluding carboxylic acids is 1. The van der Waals surface area contributed by atoms with Gasteiger partial charge in [-0.2, -0.15) is 9.49 Å². The summed E-state index contributed by atoms with van der Waals surface area (Å²) in [5.41, 5.74) is 2.05. The Kier molecular flexibility index (Phi) is 6.12. The quantitative estimate of drug-likeness (QED) is 0.764. The molecular weight excluding hydrogens is 317 g/mol. The Morgan fingerprint density at radius 1 is 1.32 bits per heavy atom. The van der Waals surface area contributed by atoms with Crippen molar-refractivity contribution in [3.8, 4) is 0 Å². The molecule has 2 rings (SSSR count). The summed E-state index contributed by atoms with van der Waals surface area (Å²) in [5.74, 6) is -0.351. The van der Waals surface area contributed by atoms with Crippen LogP contribution in [0.5, 0.6) is 0 Å². The molecule has 1 atom stereocenters. The van der Waals surface area contributed by atoms with E-state index in [2.05, 4.69) is 43.3 Å². The Hall–Kier alpha value is -2.43. The van der Waals surface area contributed by atoms with Crippen LogP contribution in [0, 0.1) is 18.8 Å². The van der Waals surface area contributed by atoms with Crippen LogP contribution in [-0.2, 0) is 7.05 Å². The van der Waals surface area contributed by atoms with Crippen LogP contribution >= 0.6 is 0 Å². The van der Waals surface area contributed by atoms with Gasteiger partial charge in [0.2, 0.25) is 5.95 Å². The number of nitrogens with zero attached hydrogens (tertiary/aromatic N) is 2. The summed E-state index contributed by atoms with van der Waals surface area (Å²) in [5, 5.41) is 6.79. The number of rotatable bonds is 6. The van der Waals surface area contributed by atoms with Gasteiger partial charge in [-0.1, -0.05) is 51.1 Å². The van der Waals surface area contributed by atoms with Crippen LogP contribution in [0.1, 0.15) is 54.7 Å². The fourth-order valence-corrected chi connectivity index (χ4v) is 2.74. The van der Waals surface area contributed by atoms with Crippen molar-refractivity contribution in [3.63, 3.8) is 0 Å². The first-order valence-corrected chi connectivity index (χ1v) is 8.57. The molecule has 0 saturated carbocycles. The summed E-state index contributed by atoms with van der Waals surface area (Å²) in [6, 6.07) is 7.61. The van der Waals surface area contributed by atoms with Gasteiger partial charge >= 0.3 is 0 Å². The van der Waals surface area contributed by atoms with E-state index in [-0.39, 0.29) is 11.5 Å². The highest BCUT2D eigenvalue weighted by Gasteiger charge is 2.21. The van der Waals surface area contributed by atoms with E-state index in [4.69, 9.17) is 0 Å². The van der Waals surface area contributed by atoms with Gasteiger partial charge < -0.3 is 5.32 Å². The van der Waals surface area contributed by atoms with Crippen LogP contribution in [0.15, 0.2) is 36.4 Å². The van der Waals surface area contributed by atoms with E-state index in [0.29, 0.717) is 17.3 Å². The molecule has 1 N–H and O–H groups in total. The first-order chi connectivity index (χ1) is 11.8. The van der Waals surface area contributed by atoms with Crippen molar-refractivity contribution in [1.29, 1.82) is 0 Å². The van der Waals surface area contributed by atoms with Gasteiger partial charge in [0.25, 0.3) is 5.91 Å². The molecule has 0 radical (unpaired) electrons.